The Labute approximate surface area is 191 Å². The van der Waals surface area contributed by atoms with Crippen LogP contribution in [0.5, 0.6) is 0 Å². The lowest BCUT2D eigenvalue weighted by atomic mass is 10.2. The lowest BCUT2D eigenvalue weighted by molar-refractivity contribution is 0.0600. The lowest BCUT2D eigenvalue weighted by Crippen LogP contribution is -2.21. The van der Waals surface area contributed by atoms with Crippen LogP contribution >= 0.6 is 0 Å². The number of rotatable bonds is 7. The third-order valence-corrected chi connectivity index (χ3v) is 7.14. The maximum absolute atomic E-state index is 14.1. The zero-order chi connectivity index (χ0) is 25.3. The van der Waals surface area contributed by atoms with Crippen molar-refractivity contribution in [3.8, 4) is 0 Å². The van der Waals surface area contributed by atoms with Crippen molar-refractivity contribution in [2.45, 2.75) is 9.79 Å². The van der Waals surface area contributed by atoms with Crippen LogP contribution in [0.3, 0.4) is 0 Å². The van der Waals surface area contributed by atoms with Gasteiger partial charge in [0.2, 0.25) is 0 Å². The summed E-state index contributed by atoms with van der Waals surface area (Å²) in [6.45, 7) is 0. The van der Waals surface area contributed by atoms with Crippen LogP contribution < -0.4 is 9.44 Å². The summed E-state index contributed by atoms with van der Waals surface area (Å²) < 4.78 is 115. The number of hydrogen-bond donors (Lipinski definition) is 2. The third kappa shape index (κ3) is 4.97. The molecule has 0 aliphatic heterocycles. The summed E-state index contributed by atoms with van der Waals surface area (Å²) in [4.78, 5) is 9.12. The molecule has 0 saturated heterocycles. The number of carbonyl (C=O) groups excluding carboxylic acids is 1. The van der Waals surface area contributed by atoms with Gasteiger partial charge in [-0.3, -0.25) is 9.44 Å². The number of ether oxygens (including phenoxy) is 1. The topological polar surface area (TPSA) is 119 Å². The Hall–Kier alpha value is -3.65. The van der Waals surface area contributed by atoms with E-state index in [0.717, 1.165) is 37.4 Å². The molecule has 3 rings (SSSR count). The van der Waals surface area contributed by atoms with Gasteiger partial charge in [0.1, 0.15) is 23.3 Å². The van der Waals surface area contributed by atoms with Crippen LogP contribution in [0, 0.1) is 23.3 Å². The first-order valence-electron chi connectivity index (χ1n) is 9.03. The fraction of sp³-hybridized carbons (Fsp3) is 0.0500. The van der Waals surface area contributed by atoms with E-state index < -0.39 is 70.5 Å². The number of anilines is 2. The highest BCUT2D eigenvalue weighted by Gasteiger charge is 2.28. The van der Waals surface area contributed by atoms with E-state index in [9.17, 15) is 39.2 Å². The van der Waals surface area contributed by atoms with Gasteiger partial charge in [0.05, 0.1) is 24.0 Å². The summed E-state index contributed by atoms with van der Waals surface area (Å²) in [5, 5.41) is 0. The molecule has 3 aromatic carbocycles. The van der Waals surface area contributed by atoms with Gasteiger partial charge in [0, 0.05) is 0 Å². The Morgan fingerprint density at radius 2 is 1.12 bits per heavy atom. The van der Waals surface area contributed by atoms with Crippen LogP contribution in [-0.2, 0) is 24.8 Å². The van der Waals surface area contributed by atoms with Crippen LogP contribution in [0.25, 0.3) is 0 Å². The molecule has 0 saturated carbocycles. The van der Waals surface area contributed by atoms with E-state index in [0.29, 0.717) is 24.3 Å². The van der Waals surface area contributed by atoms with Gasteiger partial charge in [0.25, 0.3) is 20.0 Å². The van der Waals surface area contributed by atoms with Gasteiger partial charge < -0.3 is 4.74 Å². The first kappa shape index (κ1) is 25.0. The molecule has 0 heterocycles. The SMILES string of the molecule is COC(=O)c1ccc(NS(=O)(=O)c2c(F)cccc2F)c(NS(=O)(=O)c2c(F)cccc2F)c1. The second-order valence-electron chi connectivity index (χ2n) is 6.56. The Morgan fingerprint density at radius 1 is 0.706 bits per heavy atom. The number of nitrogens with one attached hydrogen (secondary N) is 2. The molecule has 0 fully saturated rings. The quantitative estimate of drug-likeness (QED) is 0.364. The van der Waals surface area contributed by atoms with E-state index in [1.165, 1.54) is 0 Å². The van der Waals surface area contributed by atoms with Crippen molar-refractivity contribution < 1.29 is 43.9 Å². The highest BCUT2D eigenvalue weighted by Crippen LogP contribution is 2.31. The van der Waals surface area contributed by atoms with Gasteiger partial charge in [-0.05, 0) is 42.5 Å². The summed E-state index contributed by atoms with van der Waals surface area (Å²) in [5.41, 5.74) is -1.59. The maximum Gasteiger partial charge on any atom is 0.337 e. The summed E-state index contributed by atoms with van der Waals surface area (Å²) in [7, 11) is -8.98. The Kier molecular flexibility index (Phi) is 6.84. The van der Waals surface area contributed by atoms with Gasteiger partial charge in [-0.25, -0.2) is 39.2 Å². The third-order valence-electron chi connectivity index (χ3n) is 4.30. The van der Waals surface area contributed by atoms with Crippen molar-refractivity contribution in [3.05, 3.63) is 83.4 Å². The van der Waals surface area contributed by atoms with Crippen LogP contribution in [0.4, 0.5) is 28.9 Å². The van der Waals surface area contributed by atoms with Crippen LogP contribution in [-0.4, -0.2) is 29.9 Å². The number of methoxy groups -OCH3 is 1. The van der Waals surface area contributed by atoms with E-state index in [1.807, 2.05) is 0 Å². The maximum atomic E-state index is 14.1. The molecule has 0 spiro atoms. The van der Waals surface area contributed by atoms with Crippen molar-refractivity contribution in [1.29, 1.82) is 0 Å². The standard InChI is InChI=1S/C20H14F4N2O6S2/c1-32-20(27)11-8-9-16(25-33(28,29)18-12(21)4-2-5-13(18)22)17(10-11)26-34(30,31)19-14(23)6-3-7-15(19)24/h2-10,25-26H,1H3. The molecule has 3 aromatic rings. The first-order chi connectivity index (χ1) is 15.9. The minimum atomic E-state index is -5.02. The number of esters is 1. The molecule has 0 atom stereocenters. The molecule has 0 aromatic heterocycles. The summed E-state index contributed by atoms with van der Waals surface area (Å²) in [6.07, 6.45) is 0. The average Bonchev–Trinajstić information content (AvgIpc) is 2.73. The van der Waals surface area contributed by atoms with E-state index in [-0.39, 0.29) is 5.56 Å². The Balaban J connectivity index is 2.14. The second-order valence-corrected chi connectivity index (χ2v) is 9.80. The lowest BCUT2D eigenvalue weighted by Gasteiger charge is -2.16. The molecule has 180 valence electrons. The van der Waals surface area contributed by atoms with Gasteiger partial charge in [0.15, 0.2) is 9.79 Å². The normalized spacial score (nSPS) is 11.7. The van der Waals surface area contributed by atoms with Crippen molar-refractivity contribution in [3.63, 3.8) is 0 Å². The molecule has 0 unspecified atom stereocenters. The molecule has 14 heteroatoms. The number of halogens is 4. The van der Waals surface area contributed by atoms with E-state index in [4.69, 9.17) is 0 Å². The van der Waals surface area contributed by atoms with Crippen molar-refractivity contribution in [1.82, 2.24) is 0 Å². The molecule has 0 aliphatic carbocycles. The van der Waals surface area contributed by atoms with Crippen LogP contribution in [0.2, 0.25) is 0 Å². The zero-order valence-electron chi connectivity index (χ0n) is 17.0. The summed E-state index contributed by atoms with van der Waals surface area (Å²) in [6, 6.07) is 7.27. The van der Waals surface area contributed by atoms with E-state index >= 15 is 0 Å². The van der Waals surface area contributed by atoms with Gasteiger partial charge in [-0.2, -0.15) is 0 Å². The van der Waals surface area contributed by atoms with Gasteiger partial charge in [-0.15, -0.1) is 0 Å². The largest absolute Gasteiger partial charge is 0.465 e. The fourth-order valence-corrected chi connectivity index (χ4v) is 5.26. The molecule has 0 bridgehead atoms. The second kappa shape index (κ2) is 9.30. The highest BCUT2D eigenvalue weighted by atomic mass is 32.2. The minimum Gasteiger partial charge on any atom is -0.465 e. The number of carbonyl (C=O) groups is 1. The summed E-state index contributed by atoms with van der Waals surface area (Å²) >= 11 is 0. The van der Waals surface area contributed by atoms with Crippen molar-refractivity contribution in [2.75, 3.05) is 16.6 Å². The molecule has 0 amide bonds. The molecule has 34 heavy (non-hydrogen) atoms. The van der Waals surface area contributed by atoms with Crippen molar-refractivity contribution >= 4 is 37.4 Å². The summed E-state index contributed by atoms with van der Waals surface area (Å²) in [5.74, 6) is -6.74. The van der Waals surface area contributed by atoms with Gasteiger partial charge >= 0.3 is 5.97 Å². The van der Waals surface area contributed by atoms with E-state index in [1.54, 1.807) is 9.44 Å². The van der Waals surface area contributed by atoms with Crippen LogP contribution in [0.1, 0.15) is 10.4 Å². The Bertz CT molecular complexity index is 1450. The van der Waals surface area contributed by atoms with Crippen molar-refractivity contribution in [2.24, 2.45) is 0 Å². The predicted molar refractivity (Wildman–Crippen MR) is 112 cm³/mol. The smallest absolute Gasteiger partial charge is 0.337 e. The molecular formula is C20H14F4N2O6S2. The molecule has 2 N–H and O–H groups in total. The van der Waals surface area contributed by atoms with Crippen LogP contribution in [0.15, 0.2) is 64.4 Å². The zero-order valence-corrected chi connectivity index (χ0v) is 18.6. The number of benzene rings is 3. The first-order valence-corrected chi connectivity index (χ1v) is 12.0. The monoisotopic (exact) mass is 518 g/mol. The highest BCUT2D eigenvalue weighted by molar-refractivity contribution is 7.93. The molecule has 0 aliphatic rings. The molecule has 8 nitrogen and oxygen atoms in total. The minimum absolute atomic E-state index is 0.283. The van der Waals surface area contributed by atoms with E-state index in [2.05, 4.69) is 4.74 Å². The molecule has 0 radical (unpaired) electrons. The number of sulfonamides is 2. The predicted octanol–water partition coefficient (Wildman–Crippen LogP) is 3.63. The Morgan fingerprint density at radius 3 is 1.53 bits per heavy atom. The fourth-order valence-electron chi connectivity index (χ4n) is 2.83. The number of hydrogen-bond acceptors (Lipinski definition) is 6. The molecular weight excluding hydrogens is 504 g/mol. The average molecular weight is 518 g/mol. The van der Waals surface area contributed by atoms with Gasteiger partial charge in [-0.1, -0.05) is 12.1 Å².